The van der Waals surface area contributed by atoms with E-state index in [1.807, 2.05) is 6.08 Å². The Labute approximate surface area is 438 Å². The van der Waals surface area contributed by atoms with Crippen LogP contribution in [0.1, 0.15) is 348 Å². The molecule has 0 heterocycles. The van der Waals surface area contributed by atoms with Crippen LogP contribution in [0.25, 0.3) is 0 Å². The number of allylic oxidation sites excluding steroid dienone is 5. The third-order valence-electron chi connectivity index (χ3n) is 15.0. The molecule has 414 valence electrons. The third kappa shape index (κ3) is 54.3. The molecule has 0 saturated heterocycles. The zero-order valence-corrected chi connectivity index (χ0v) is 47.4. The maximum absolute atomic E-state index is 12.6. The molecule has 0 aromatic heterocycles. The molecule has 4 N–H and O–H groups in total. The molecule has 0 aromatic carbocycles. The summed E-state index contributed by atoms with van der Waals surface area (Å²) in [5, 5.41) is 33.5. The van der Waals surface area contributed by atoms with E-state index in [1.54, 1.807) is 6.08 Å². The largest absolute Gasteiger partial charge is 0.394 e. The van der Waals surface area contributed by atoms with E-state index in [0.29, 0.717) is 6.42 Å². The van der Waals surface area contributed by atoms with Crippen LogP contribution in [-0.2, 0) is 4.79 Å². The second-order valence-electron chi connectivity index (χ2n) is 22.0. The first kappa shape index (κ1) is 68.6. The maximum Gasteiger partial charge on any atom is 0.249 e. The van der Waals surface area contributed by atoms with Gasteiger partial charge in [-0.15, -0.1) is 0 Å². The molecule has 1 amide bonds. The van der Waals surface area contributed by atoms with Gasteiger partial charge in [-0.1, -0.05) is 333 Å². The van der Waals surface area contributed by atoms with Crippen LogP contribution in [0.5, 0.6) is 0 Å². The lowest BCUT2D eigenvalue weighted by Gasteiger charge is -2.21. The number of aliphatic hydroxyl groups excluding tert-OH is 3. The van der Waals surface area contributed by atoms with Crippen LogP contribution >= 0.6 is 0 Å². The molecular formula is C65H125NO4. The maximum atomic E-state index is 12.6. The first-order valence-corrected chi connectivity index (χ1v) is 31.8. The van der Waals surface area contributed by atoms with Crippen LogP contribution in [0.3, 0.4) is 0 Å². The van der Waals surface area contributed by atoms with Crippen LogP contribution in [0.2, 0.25) is 0 Å². The zero-order valence-electron chi connectivity index (χ0n) is 47.4. The van der Waals surface area contributed by atoms with Crippen molar-refractivity contribution >= 4 is 5.91 Å². The lowest BCUT2D eigenvalue weighted by atomic mass is 10.0. The summed E-state index contributed by atoms with van der Waals surface area (Å²) in [4.78, 5) is 12.6. The number of hydrogen-bond acceptors (Lipinski definition) is 4. The van der Waals surface area contributed by atoms with E-state index >= 15 is 0 Å². The summed E-state index contributed by atoms with van der Waals surface area (Å²) in [6, 6.07) is -0.798. The molecule has 0 rings (SSSR count). The van der Waals surface area contributed by atoms with Gasteiger partial charge in [-0.25, -0.2) is 0 Å². The molecule has 0 aliphatic heterocycles. The van der Waals surface area contributed by atoms with Crippen molar-refractivity contribution in [2.24, 2.45) is 0 Å². The standard InChI is InChI=1S/C65H125NO4/c1-3-5-7-9-11-13-15-17-19-21-23-25-27-28-29-30-31-32-33-34-35-36-37-38-40-42-44-46-48-50-52-54-56-58-60-64(69)65(70)66-62(61-67)63(68)59-57-55-53-51-49-47-45-43-41-39-26-24-22-20-18-16-14-12-10-8-6-4-2/h27-28,30-31,57,59,62-64,67-69H,3-26,29,32-56,58,60-61H2,1-2H3,(H,66,70)/b28-27-,31-30-,59-57+. The first-order valence-electron chi connectivity index (χ1n) is 31.8. The topological polar surface area (TPSA) is 89.8 Å². The highest BCUT2D eigenvalue weighted by Crippen LogP contribution is 2.18. The number of carbonyl (C=O) groups excluding carboxylic acids is 1. The number of aliphatic hydroxyl groups is 3. The Hall–Kier alpha value is -1.43. The number of hydrogen-bond donors (Lipinski definition) is 4. The highest BCUT2D eigenvalue weighted by molar-refractivity contribution is 5.80. The van der Waals surface area contributed by atoms with Gasteiger partial charge < -0.3 is 20.6 Å². The van der Waals surface area contributed by atoms with Gasteiger partial charge in [-0.05, 0) is 51.4 Å². The zero-order chi connectivity index (χ0) is 50.7. The van der Waals surface area contributed by atoms with Crippen LogP contribution in [-0.4, -0.2) is 46.1 Å². The summed E-state index contributed by atoms with van der Waals surface area (Å²) < 4.78 is 0. The summed E-state index contributed by atoms with van der Waals surface area (Å²) in [6.45, 7) is 4.22. The fourth-order valence-corrected chi connectivity index (χ4v) is 10.0. The van der Waals surface area contributed by atoms with Crippen molar-refractivity contribution in [3.05, 3.63) is 36.5 Å². The molecule has 0 saturated carbocycles. The van der Waals surface area contributed by atoms with E-state index in [9.17, 15) is 20.1 Å². The molecule has 0 bridgehead atoms. The van der Waals surface area contributed by atoms with Crippen LogP contribution in [0.4, 0.5) is 0 Å². The number of unbranched alkanes of at least 4 members (excludes halogenated alkanes) is 47. The van der Waals surface area contributed by atoms with Gasteiger partial charge in [0, 0.05) is 0 Å². The lowest BCUT2D eigenvalue weighted by Crippen LogP contribution is -2.48. The average Bonchev–Trinajstić information content (AvgIpc) is 3.36. The Balaban J connectivity index is 3.52. The number of nitrogens with one attached hydrogen (secondary N) is 1. The molecule has 0 aliphatic rings. The molecule has 0 aliphatic carbocycles. The highest BCUT2D eigenvalue weighted by Gasteiger charge is 2.22. The molecule has 3 unspecified atom stereocenters. The minimum Gasteiger partial charge on any atom is -0.394 e. The molecule has 70 heavy (non-hydrogen) atoms. The van der Waals surface area contributed by atoms with Crippen molar-refractivity contribution in [2.75, 3.05) is 6.61 Å². The van der Waals surface area contributed by atoms with Crippen molar-refractivity contribution in [3.8, 4) is 0 Å². The van der Waals surface area contributed by atoms with Crippen LogP contribution < -0.4 is 5.32 Å². The van der Waals surface area contributed by atoms with Crippen molar-refractivity contribution in [2.45, 2.75) is 366 Å². The normalized spacial score (nSPS) is 13.4. The molecule has 3 atom stereocenters. The quantitative estimate of drug-likeness (QED) is 0.0361. The van der Waals surface area contributed by atoms with Crippen molar-refractivity contribution in [1.82, 2.24) is 5.32 Å². The second kappa shape index (κ2) is 60.1. The van der Waals surface area contributed by atoms with E-state index in [1.165, 1.54) is 289 Å². The van der Waals surface area contributed by atoms with Gasteiger partial charge in [0.2, 0.25) is 5.91 Å². The van der Waals surface area contributed by atoms with Gasteiger partial charge >= 0.3 is 0 Å². The number of carbonyl (C=O) groups is 1. The van der Waals surface area contributed by atoms with E-state index in [4.69, 9.17) is 0 Å². The molecular weight excluding hydrogens is 859 g/mol. The number of amides is 1. The minimum atomic E-state index is -1.10. The lowest BCUT2D eigenvalue weighted by molar-refractivity contribution is -0.131. The fraction of sp³-hybridized carbons (Fsp3) is 0.892. The van der Waals surface area contributed by atoms with Gasteiger partial charge in [0.1, 0.15) is 6.10 Å². The van der Waals surface area contributed by atoms with Gasteiger partial charge in [0.05, 0.1) is 18.8 Å². The Morgan fingerprint density at radius 1 is 0.357 bits per heavy atom. The third-order valence-corrected chi connectivity index (χ3v) is 15.0. The number of rotatable bonds is 59. The summed E-state index contributed by atoms with van der Waals surface area (Å²) >= 11 is 0. The van der Waals surface area contributed by atoms with E-state index in [0.717, 1.165) is 38.5 Å². The van der Waals surface area contributed by atoms with Gasteiger partial charge in [-0.2, -0.15) is 0 Å². The van der Waals surface area contributed by atoms with E-state index in [-0.39, 0.29) is 6.61 Å². The van der Waals surface area contributed by atoms with Crippen molar-refractivity contribution in [1.29, 1.82) is 0 Å². The van der Waals surface area contributed by atoms with Crippen LogP contribution in [0.15, 0.2) is 36.5 Å². The highest BCUT2D eigenvalue weighted by atomic mass is 16.3. The second-order valence-corrected chi connectivity index (χ2v) is 22.0. The SMILES string of the molecule is CCCCCCCCCCCCC/C=C\C/C=C\CCCCCCCCCCCCCCCCCCC(O)C(=O)NC(CO)C(O)/C=C/CCCCCCCCCCCCCCCCCCCCCC. The first-order chi connectivity index (χ1) is 34.6. The Morgan fingerprint density at radius 2 is 0.614 bits per heavy atom. The van der Waals surface area contributed by atoms with Crippen LogP contribution in [0, 0.1) is 0 Å². The van der Waals surface area contributed by atoms with Crippen molar-refractivity contribution in [3.63, 3.8) is 0 Å². The predicted molar refractivity (Wildman–Crippen MR) is 310 cm³/mol. The summed E-state index contributed by atoms with van der Waals surface area (Å²) in [5.74, 6) is -0.498. The molecule has 0 fully saturated rings. The Morgan fingerprint density at radius 3 is 0.900 bits per heavy atom. The molecule has 5 nitrogen and oxygen atoms in total. The minimum absolute atomic E-state index is 0.361. The average molecular weight is 985 g/mol. The Bertz CT molecular complexity index is 1090. The monoisotopic (exact) mass is 984 g/mol. The summed E-state index contributed by atoms with van der Waals surface area (Å²) in [6.07, 6.45) is 79.7. The fourth-order valence-electron chi connectivity index (χ4n) is 10.0. The predicted octanol–water partition coefficient (Wildman–Crippen LogP) is 20.2. The molecule has 0 aromatic rings. The molecule has 0 spiro atoms. The summed E-state index contributed by atoms with van der Waals surface area (Å²) in [7, 11) is 0. The van der Waals surface area contributed by atoms with Gasteiger partial charge in [0.25, 0.3) is 0 Å². The molecule has 0 radical (unpaired) electrons. The van der Waals surface area contributed by atoms with Gasteiger partial charge in [0.15, 0.2) is 0 Å². The van der Waals surface area contributed by atoms with E-state index < -0.39 is 24.2 Å². The Kier molecular flexibility index (Phi) is 58.9. The van der Waals surface area contributed by atoms with Crippen molar-refractivity contribution < 1.29 is 20.1 Å². The smallest absolute Gasteiger partial charge is 0.249 e. The van der Waals surface area contributed by atoms with E-state index in [2.05, 4.69) is 43.5 Å². The van der Waals surface area contributed by atoms with Gasteiger partial charge in [-0.3, -0.25) is 4.79 Å². The molecule has 5 heteroatoms. The summed E-state index contributed by atoms with van der Waals surface area (Å²) in [5.41, 5.74) is 0.